The molecule has 0 saturated carbocycles. The lowest BCUT2D eigenvalue weighted by atomic mass is 9.83. The molecule has 1 saturated heterocycles. The minimum atomic E-state index is 0.526. The van der Waals surface area contributed by atoms with E-state index in [-0.39, 0.29) is 0 Å². The molecule has 34 heavy (non-hydrogen) atoms. The van der Waals surface area contributed by atoms with Crippen LogP contribution in [0, 0.1) is 5.92 Å². The Morgan fingerprint density at radius 3 is 2.85 bits per heavy atom. The lowest BCUT2D eigenvalue weighted by molar-refractivity contribution is 0.321. The Balaban J connectivity index is 1.45. The van der Waals surface area contributed by atoms with Gasteiger partial charge in [0.05, 0.1) is 11.4 Å². The molecule has 3 nitrogen and oxygen atoms in total. The highest BCUT2D eigenvalue weighted by atomic mass is 15.0. The Labute approximate surface area is 207 Å². The first-order valence-corrected chi connectivity index (χ1v) is 13.4. The Bertz CT molecular complexity index is 963. The highest BCUT2D eigenvalue weighted by molar-refractivity contribution is 5.55. The van der Waals surface area contributed by atoms with Crippen molar-refractivity contribution in [3.8, 4) is 0 Å². The third-order valence-corrected chi connectivity index (χ3v) is 7.49. The maximum Gasteiger partial charge on any atom is 0.0650 e. The van der Waals surface area contributed by atoms with Gasteiger partial charge in [0.1, 0.15) is 0 Å². The summed E-state index contributed by atoms with van der Waals surface area (Å²) >= 11 is 0. The van der Waals surface area contributed by atoms with Crippen molar-refractivity contribution in [3.63, 3.8) is 0 Å². The summed E-state index contributed by atoms with van der Waals surface area (Å²) in [7, 11) is 0. The maximum absolute atomic E-state index is 4.40. The van der Waals surface area contributed by atoms with E-state index in [0.29, 0.717) is 6.04 Å². The molecule has 0 radical (unpaired) electrons. The van der Waals surface area contributed by atoms with E-state index >= 15 is 0 Å². The molecule has 0 aromatic rings. The minimum Gasteiger partial charge on any atom is -0.381 e. The largest absolute Gasteiger partial charge is 0.381 e. The molecule has 1 unspecified atom stereocenters. The fraction of sp³-hybridized carbons (Fsp3) is 0.484. The summed E-state index contributed by atoms with van der Waals surface area (Å²) in [6, 6.07) is 0.526. The van der Waals surface area contributed by atoms with Gasteiger partial charge in [-0.15, -0.1) is 0 Å². The number of dihydropyridines is 1. The van der Waals surface area contributed by atoms with Gasteiger partial charge in [0.25, 0.3) is 0 Å². The molecule has 0 bridgehead atoms. The van der Waals surface area contributed by atoms with Gasteiger partial charge in [-0.25, -0.2) is 0 Å². The van der Waals surface area contributed by atoms with Crippen LogP contribution in [0.3, 0.4) is 0 Å². The molecule has 1 aliphatic carbocycles. The number of allylic oxidation sites excluding steroid dienone is 12. The van der Waals surface area contributed by atoms with Crippen LogP contribution < -0.4 is 16.0 Å². The number of nitrogens with one attached hydrogen (secondary N) is 3. The van der Waals surface area contributed by atoms with Gasteiger partial charge in [0.15, 0.2) is 0 Å². The fourth-order valence-corrected chi connectivity index (χ4v) is 5.14. The number of rotatable bonds is 9. The van der Waals surface area contributed by atoms with Crippen LogP contribution in [0.5, 0.6) is 0 Å². The van der Waals surface area contributed by atoms with Gasteiger partial charge in [-0.2, -0.15) is 0 Å². The highest BCUT2D eigenvalue weighted by Gasteiger charge is 2.22. The van der Waals surface area contributed by atoms with Crippen LogP contribution >= 0.6 is 0 Å². The van der Waals surface area contributed by atoms with Crippen molar-refractivity contribution >= 4 is 0 Å². The van der Waals surface area contributed by atoms with Crippen molar-refractivity contribution in [2.24, 2.45) is 5.92 Å². The van der Waals surface area contributed by atoms with Gasteiger partial charge in [-0.3, -0.25) is 0 Å². The van der Waals surface area contributed by atoms with E-state index in [0.717, 1.165) is 38.0 Å². The van der Waals surface area contributed by atoms with Crippen molar-refractivity contribution in [3.05, 3.63) is 94.6 Å². The fourth-order valence-electron chi connectivity index (χ4n) is 5.14. The summed E-state index contributed by atoms with van der Waals surface area (Å²) in [4.78, 5) is 0. The minimum absolute atomic E-state index is 0.526. The van der Waals surface area contributed by atoms with Crippen molar-refractivity contribution in [1.29, 1.82) is 0 Å². The normalized spacial score (nSPS) is 25.2. The Hall–Kier alpha value is -2.52. The standard InChI is InChI=1S/C31H43N3/c1-4-25(12-7-5-6-8-13-26-21-32-22-26)19-28-20-27(17-16-23(28)2)29-14-10-18-33-31(29)30-15-9-11-24(3)34-30/h4-5,7,10,15,18-20,24,26,32-34H,2,6,8-9,11-14,16-17,21-22H2,1,3H3/b7-5+,25-4-,28-19-. The zero-order valence-corrected chi connectivity index (χ0v) is 21.3. The molecule has 0 spiro atoms. The molecule has 4 aliphatic rings. The average molecular weight is 458 g/mol. The summed E-state index contributed by atoms with van der Waals surface area (Å²) in [5, 5.41) is 10.6. The molecule has 1 atom stereocenters. The van der Waals surface area contributed by atoms with Gasteiger partial charge in [-0.1, -0.05) is 49.1 Å². The van der Waals surface area contributed by atoms with E-state index in [1.165, 1.54) is 78.0 Å². The summed E-state index contributed by atoms with van der Waals surface area (Å²) in [6.07, 6.45) is 28.7. The Morgan fingerprint density at radius 1 is 1.21 bits per heavy atom. The van der Waals surface area contributed by atoms with Crippen LogP contribution in [0.4, 0.5) is 0 Å². The second kappa shape index (κ2) is 12.3. The third-order valence-electron chi connectivity index (χ3n) is 7.49. The lowest BCUT2D eigenvalue weighted by Gasteiger charge is -2.29. The summed E-state index contributed by atoms with van der Waals surface area (Å²) in [5.41, 5.74) is 9.32. The van der Waals surface area contributed by atoms with Crippen LogP contribution in [0.2, 0.25) is 0 Å². The van der Waals surface area contributed by atoms with Gasteiger partial charge in [-0.05, 0) is 125 Å². The SMILES string of the molecule is C=C1CCC(C2=C(C3=CCCC(C)N3)NC=CC2)=C/C1=C/C(=C\C)C/C=C/CCCC1CNC1. The lowest BCUT2D eigenvalue weighted by Crippen LogP contribution is -2.41. The first-order chi connectivity index (χ1) is 16.6. The summed E-state index contributed by atoms with van der Waals surface area (Å²) < 4.78 is 0. The molecule has 0 aromatic carbocycles. The zero-order valence-electron chi connectivity index (χ0n) is 21.3. The van der Waals surface area contributed by atoms with Crippen LogP contribution in [0.25, 0.3) is 0 Å². The Kier molecular flexibility index (Phi) is 8.87. The molecule has 3 aliphatic heterocycles. The molecule has 182 valence electrons. The van der Waals surface area contributed by atoms with Crippen molar-refractivity contribution < 1.29 is 0 Å². The second-order valence-corrected chi connectivity index (χ2v) is 10.2. The van der Waals surface area contributed by atoms with Gasteiger partial charge < -0.3 is 16.0 Å². The van der Waals surface area contributed by atoms with E-state index in [2.05, 4.69) is 85.1 Å². The monoisotopic (exact) mass is 457 g/mol. The van der Waals surface area contributed by atoms with E-state index in [4.69, 9.17) is 0 Å². The predicted octanol–water partition coefficient (Wildman–Crippen LogP) is 6.89. The van der Waals surface area contributed by atoms with E-state index in [9.17, 15) is 0 Å². The van der Waals surface area contributed by atoms with E-state index in [1.54, 1.807) is 0 Å². The predicted molar refractivity (Wildman–Crippen MR) is 146 cm³/mol. The van der Waals surface area contributed by atoms with Crippen LogP contribution in [0.15, 0.2) is 94.6 Å². The summed E-state index contributed by atoms with van der Waals surface area (Å²) in [5.74, 6) is 0.918. The zero-order chi connectivity index (χ0) is 23.8. The van der Waals surface area contributed by atoms with E-state index < -0.39 is 0 Å². The van der Waals surface area contributed by atoms with Gasteiger partial charge in [0, 0.05) is 6.04 Å². The smallest absolute Gasteiger partial charge is 0.0650 e. The van der Waals surface area contributed by atoms with Gasteiger partial charge >= 0.3 is 0 Å². The van der Waals surface area contributed by atoms with Gasteiger partial charge in [0.2, 0.25) is 0 Å². The number of hydrogen-bond donors (Lipinski definition) is 3. The Morgan fingerprint density at radius 2 is 2.09 bits per heavy atom. The van der Waals surface area contributed by atoms with Crippen LogP contribution in [-0.4, -0.2) is 19.1 Å². The molecule has 0 aromatic heterocycles. The molecule has 3 N–H and O–H groups in total. The number of unbranched alkanes of at least 4 members (excludes halogenated alkanes) is 1. The van der Waals surface area contributed by atoms with Crippen molar-refractivity contribution in [2.75, 3.05) is 13.1 Å². The molecule has 3 heterocycles. The quantitative estimate of drug-likeness (QED) is 0.261. The molecular weight excluding hydrogens is 414 g/mol. The topological polar surface area (TPSA) is 36.1 Å². The van der Waals surface area contributed by atoms with E-state index in [1.807, 2.05) is 0 Å². The molecule has 0 amide bonds. The second-order valence-electron chi connectivity index (χ2n) is 10.2. The molecule has 4 rings (SSSR count). The first kappa shape index (κ1) is 24.6. The van der Waals surface area contributed by atoms with Crippen molar-refractivity contribution in [2.45, 2.75) is 77.7 Å². The van der Waals surface area contributed by atoms with Crippen molar-refractivity contribution in [1.82, 2.24) is 16.0 Å². The molecular formula is C31H43N3. The third kappa shape index (κ3) is 6.54. The van der Waals surface area contributed by atoms with Crippen LogP contribution in [-0.2, 0) is 0 Å². The average Bonchev–Trinajstić information content (AvgIpc) is 2.82. The maximum atomic E-state index is 4.40. The first-order valence-electron chi connectivity index (χ1n) is 13.4. The molecule has 1 fully saturated rings. The molecule has 3 heteroatoms. The summed E-state index contributed by atoms with van der Waals surface area (Å²) in [6.45, 7) is 11.3. The highest BCUT2D eigenvalue weighted by Crippen LogP contribution is 2.36. The van der Waals surface area contributed by atoms with Crippen LogP contribution in [0.1, 0.15) is 71.6 Å². The number of hydrogen-bond acceptors (Lipinski definition) is 3.